The molecule has 2 rings (SSSR count). The Balaban J connectivity index is 1.84. The van der Waals surface area contributed by atoms with Crippen LogP contribution in [0.25, 0.3) is 0 Å². The summed E-state index contributed by atoms with van der Waals surface area (Å²) < 4.78 is 14.5. The van der Waals surface area contributed by atoms with E-state index >= 15 is 0 Å². The van der Waals surface area contributed by atoms with Gasteiger partial charge in [-0.05, 0) is 52.7 Å². The second-order valence-electron chi connectivity index (χ2n) is 5.87. The van der Waals surface area contributed by atoms with Crippen LogP contribution in [-0.4, -0.2) is 32.0 Å². The normalized spacial score (nSPS) is 11.7. The van der Waals surface area contributed by atoms with Gasteiger partial charge < -0.3 is 15.5 Å². The van der Waals surface area contributed by atoms with Crippen LogP contribution in [0.15, 0.2) is 46.9 Å². The molecule has 2 amide bonds. The predicted octanol–water partition coefficient (Wildman–Crippen LogP) is 1.99. The van der Waals surface area contributed by atoms with Crippen molar-refractivity contribution in [3.05, 3.63) is 58.3 Å². The number of aryl methyl sites for hydroxylation is 1. The van der Waals surface area contributed by atoms with E-state index in [1.165, 1.54) is 12.1 Å². The minimum atomic E-state index is -0.474. The number of carbonyl (C=O) groups excluding carboxylic acids is 2. The zero-order chi connectivity index (χ0) is 18.4. The fraction of sp³-hybridized carbons (Fsp3) is 0.222. The molecule has 7 heteroatoms. The summed E-state index contributed by atoms with van der Waals surface area (Å²) in [6.07, 6.45) is 0. The molecule has 0 bridgehead atoms. The van der Waals surface area contributed by atoms with Gasteiger partial charge in [-0.3, -0.25) is 9.59 Å². The van der Waals surface area contributed by atoms with E-state index in [0.717, 1.165) is 10.0 Å². The maximum Gasteiger partial charge on any atom is 0.279 e. The van der Waals surface area contributed by atoms with Crippen molar-refractivity contribution in [1.82, 2.24) is 0 Å². The fourth-order valence-electron chi connectivity index (χ4n) is 2.28. The van der Waals surface area contributed by atoms with Gasteiger partial charge in [-0.15, -0.1) is 0 Å². The molecule has 0 aliphatic carbocycles. The standard InChI is InChI=1S/C18H19BrFN3O2/c1-12-7-8-16(14(20)9-12)22-18(25)11-23(2)10-17(24)21-15-6-4-3-5-13(15)19/h3-9H,10-11H2,1-2H3,(H,21,24)(H,22,25)/p+1. The zero-order valence-electron chi connectivity index (χ0n) is 14.0. The number of benzene rings is 2. The summed E-state index contributed by atoms with van der Waals surface area (Å²) in [7, 11) is 1.73. The quantitative estimate of drug-likeness (QED) is 0.684. The first kappa shape index (κ1) is 19.1. The number of quaternary nitrogens is 1. The molecule has 132 valence electrons. The summed E-state index contributed by atoms with van der Waals surface area (Å²) >= 11 is 3.36. The van der Waals surface area contributed by atoms with Crippen LogP contribution in [0.4, 0.5) is 15.8 Å². The first-order chi connectivity index (χ1) is 11.8. The van der Waals surface area contributed by atoms with Gasteiger partial charge in [0.25, 0.3) is 11.8 Å². The molecule has 0 saturated carbocycles. The average molecular weight is 409 g/mol. The van der Waals surface area contributed by atoms with Crippen molar-refractivity contribution in [2.75, 3.05) is 30.8 Å². The van der Waals surface area contributed by atoms with Crippen LogP contribution >= 0.6 is 15.9 Å². The van der Waals surface area contributed by atoms with Crippen molar-refractivity contribution in [2.24, 2.45) is 0 Å². The second kappa shape index (κ2) is 8.73. The van der Waals surface area contributed by atoms with Crippen molar-refractivity contribution in [3.8, 4) is 0 Å². The van der Waals surface area contributed by atoms with Crippen molar-refractivity contribution in [1.29, 1.82) is 0 Å². The molecule has 25 heavy (non-hydrogen) atoms. The largest absolute Gasteiger partial charge is 0.322 e. The molecule has 3 N–H and O–H groups in total. The first-order valence-corrected chi connectivity index (χ1v) is 8.56. The molecule has 0 aromatic heterocycles. The molecular weight excluding hydrogens is 389 g/mol. The lowest BCUT2D eigenvalue weighted by Gasteiger charge is -2.14. The highest BCUT2D eigenvalue weighted by Crippen LogP contribution is 2.20. The molecule has 2 aromatic carbocycles. The lowest BCUT2D eigenvalue weighted by molar-refractivity contribution is -0.862. The summed E-state index contributed by atoms with van der Waals surface area (Å²) in [6.45, 7) is 1.94. The van der Waals surface area contributed by atoms with E-state index in [2.05, 4.69) is 26.6 Å². The van der Waals surface area contributed by atoms with Gasteiger partial charge in [0.2, 0.25) is 0 Å². The Morgan fingerprint density at radius 2 is 1.64 bits per heavy atom. The minimum absolute atomic E-state index is 0.0523. The van der Waals surface area contributed by atoms with E-state index in [1.807, 2.05) is 18.2 Å². The van der Waals surface area contributed by atoms with Gasteiger partial charge in [0.05, 0.1) is 18.4 Å². The molecule has 0 radical (unpaired) electrons. The van der Waals surface area contributed by atoms with E-state index in [-0.39, 0.29) is 30.6 Å². The van der Waals surface area contributed by atoms with E-state index in [0.29, 0.717) is 10.6 Å². The van der Waals surface area contributed by atoms with E-state index in [4.69, 9.17) is 0 Å². The number of halogens is 2. The number of para-hydroxylation sites is 1. The lowest BCUT2D eigenvalue weighted by atomic mass is 10.2. The Morgan fingerprint density at radius 3 is 2.24 bits per heavy atom. The molecule has 0 aliphatic heterocycles. The third-order valence-corrected chi connectivity index (χ3v) is 4.16. The van der Waals surface area contributed by atoms with E-state index in [1.54, 1.807) is 26.1 Å². The molecule has 2 aromatic rings. The monoisotopic (exact) mass is 408 g/mol. The molecule has 0 fully saturated rings. The van der Waals surface area contributed by atoms with Gasteiger partial charge >= 0.3 is 0 Å². The molecule has 0 spiro atoms. The van der Waals surface area contributed by atoms with Gasteiger partial charge in [0, 0.05) is 4.47 Å². The van der Waals surface area contributed by atoms with Gasteiger partial charge in [-0.2, -0.15) is 0 Å². The summed E-state index contributed by atoms with van der Waals surface area (Å²) in [5, 5.41) is 5.31. The van der Waals surface area contributed by atoms with E-state index < -0.39 is 5.82 Å². The Labute approximate surface area is 154 Å². The predicted molar refractivity (Wildman–Crippen MR) is 99.2 cm³/mol. The van der Waals surface area contributed by atoms with E-state index in [9.17, 15) is 14.0 Å². The van der Waals surface area contributed by atoms with Crippen LogP contribution in [0.3, 0.4) is 0 Å². The number of hydrogen-bond acceptors (Lipinski definition) is 2. The topological polar surface area (TPSA) is 62.6 Å². The van der Waals surface area contributed by atoms with Crippen molar-refractivity contribution in [2.45, 2.75) is 6.92 Å². The van der Waals surface area contributed by atoms with Gasteiger partial charge in [-0.1, -0.05) is 18.2 Å². The number of rotatable bonds is 6. The van der Waals surface area contributed by atoms with Gasteiger partial charge in [0.15, 0.2) is 13.1 Å². The van der Waals surface area contributed by atoms with Gasteiger partial charge in [0.1, 0.15) is 5.82 Å². The molecule has 0 heterocycles. The number of anilines is 2. The SMILES string of the molecule is Cc1ccc(NC(=O)C[NH+](C)CC(=O)Nc2ccccc2Br)c(F)c1. The van der Waals surface area contributed by atoms with Crippen LogP contribution in [0.1, 0.15) is 5.56 Å². The Kier molecular flexibility index (Phi) is 6.66. The average Bonchev–Trinajstić information content (AvgIpc) is 2.52. The van der Waals surface area contributed by atoms with Gasteiger partial charge in [-0.25, -0.2) is 4.39 Å². The minimum Gasteiger partial charge on any atom is -0.322 e. The molecule has 1 atom stereocenters. The molecule has 1 unspecified atom stereocenters. The van der Waals surface area contributed by atoms with Crippen LogP contribution in [0.5, 0.6) is 0 Å². The van der Waals surface area contributed by atoms with Crippen molar-refractivity contribution < 1.29 is 18.9 Å². The number of nitrogens with one attached hydrogen (secondary N) is 3. The maximum absolute atomic E-state index is 13.7. The van der Waals surface area contributed by atoms with Crippen LogP contribution < -0.4 is 15.5 Å². The zero-order valence-corrected chi connectivity index (χ0v) is 15.6. The fourth-order valence-corrected chi connectivity index (χ4v) is 2.67. The first-order valence-electron chi connectivity index (χ1n) is 7.77. The second-order valence-corrected chi connectivity index (χ2v) is 6.72. The lowest BCUT2D eigenvalue weighted by Crippen LogP contribution is -3.11. The number of likely N-dealkylation sites (N-methyl/N-ethyl adjacent to an activating group) is 1. The highest BCUT2D eigenvalue weighted by molar-refractivity contribution is 9.10. The maximum atomic E-state index is 13.7. The van der Waals surface area contributed by atoms with Crippen molar-refractivity contribution >= 4 is 39.1 Å². The van der Waals surface area contributed by atoms with Crippen LogP contribution in [0, 0.1) is 12.7 Å². The molecule has 0 saturated heterocycles. The molecular formula is C18H20BrFN3O2+. The summed E-state index contributed by atoms with van der Waals surface area (Å²) in [5.74, 6) is -1.04. The number of hydrogen-bond donors (Lipinski definition) is 3. The van der Waals surface area contributed by atoms with Crippen molar-refractivity contribution in [3.63, 3.8) is 0 Å². The Bertz CT molecular complexity index is 783. The smallest absolute Gasteiger partial charge is 0.279 e. The van der Waals surface area contributed by atoms with Crippen LogP contribution in [-0.2, 0) is 9.59 Å². The number of amides is 2. The summed E-state index contributed by atoms with van der Waals surface area (Å²) in [5.41, 5.74) is 1.59. The molecule has 5 nitrogen and oxygen atoms in total. The van der Waals surface area contributed by atoms with Crippen LogP contribution in [0.2, 0.25) is 0 Å². The Hall–Kier alpha value is -2.25. The molecule has 0 aliphatic rings. The Morgan fingerprint density at radius 1 is 1.04 bits per heavy atom. The summed E-state index contributed by atoms with van der Waals surface area (Å²) in [4.78, 5) is 24.8. The number of carbonyl (C=O) groups is 2. The third kappa shape index (κ3) is 5.95. The summed E-state index contributed by atoms with van der Waals surface area (Å²) in [6, 6.07) is 11.9. The third-order valence-electron chi connectivity index (χ3n) is 3.47. The highest BCUT2D eigenvalue weighted by atomic mass is 79.9. The highest BCUT2D eigenvalue weighted by Gasteiger charge is 2.16.